The SMILES string of the molecule is Nc1nc(NC(=O)O)cc2c1N=C(c1ccc(Cl)cc1Cl)CN2. The van der Waals surface area contributed by atoms with Crippen molar-refractivity contribution >= 4 is 58.0 Å². The maximum Gasteiger partial charge on any atom is 0.410 e. The minimum Gasteiger partial charge on any atom is -0.465 e. The van der Waals surface area contributed by atoms with Gasteiger partial charge in [-0.05, 0) is 12.1 Å². The monoisotopic (exact) mass is 351 g/mol. The fourth-order valence-electron chi connectivity index (χ4n) is 2.22. The van der Waals surface area contributed by atoms with E-state index in [1.807, 2.05) is 0 Å². The van der Waals surface area contributed by atoms with Crippen LogP contribution in [0.1, 0.15) is 5.56 Å². The van der Waals surface area contributed by atoms with Gasteiger partial charge in [0, 0.05) is 16.7 Å². The van der Waals surface area contributed by atoms with E-state index in [0.717, 1.165) is 5.56 Å². The molecule has 7 nitrogen and oxygen atoms in total. The minimum atomic E-state index is -1.22. The normalized spacial score (nSPS) is 12.9. The van der Waals surface area contributed by atoms with Gasteiger partial charge in [0.25, 0.3) is 0 Å². The van der Waals surface area contributed by atoms with E-state index in [9.17, 15) is 4.79 Å². The lowest BCUT2D eigenvalue weighted by Gasteiger charge is -2.20. The van der Waals surface area contributed by atoms with E-state index < -0.39 is 6.09 Å². The predicted octanol–water partition coefficient (Wildman–Crippen LogP) is 3.61. The van der Waals surface area contributed by atoms with E-state index in [4.69, 9.17) is 34.0 Å². The Kier molecular flexibility index (Phi) is 3.97. The lowest BCUT2D eigenvalue weighted by atomic mass is 10.1. The Morgan fingerprint density at radius 2 is 2.13 bits per heavy atom. The number of aromatic nitrogens is 1. The van der Waals surface area contributed by atoms with Crippen LogP contribution < -0.4 is 16.4 Å². The summed E-state index contributed by atoms with van der Waals surface area (Å²) in [6.45, 7) is 0.407. The zero-order chi connectivity index (χ0) is 16.6. The van der Waals surface area contributed by atoms with Crippen molar-refractivity contribution in [2.45, 2.75) is 0 Å². The fraction of sp³-hybridized carbons (Fsp3) is 0.0714. The van der Waals surface area contributed by atoms with E-state index in [-0.39, 0.29) is 11.6 Å². The number of fused-ring (bicyclic) bond motifs is 1. The zero-order valence-corrected chi connectivity index (χ0v) is 13.1. The summed E-state index contributed by atoms with van der Waals surface area (Å²) >= 11 is 12.1. The second kappa shape index (κ2) is 5.94. The molecular formula is C14H11Cl2N5O2. The molecular weight excluding hydrogens is 341 g/mol. The number of pyridine rings is 1. The first kappa shape index (κ1) is 15.4. The van der Waals surface area contributed by atoms with E-state index in [1.54, 1.807) is 18.2 Å². The predicted molar refractivity (Wildman–Crippen MR) is 91.4 cm³/mol. The molecule has 1 amide bonds. The van der Waals surface area contributed by atoms with Gasteiger partial charge in [-0.25, -0.2) is 14.8 Å². The Balaban J connectivity index is 2.02. The number of amides is 1. The second-order valence-electron chi connectivity index (χ2n) is 4.76. The molecule has 0 radical (unpaired) electrons. The van der Waals surface area contributed by atoms with Crippen molar-refractivity contribution in [3.63, 3.8) is 0 Å². The molecule has 2 aromatic rings. The molecule has 118 valence electrons. The van der Waals surface area contributed by atoms with Crippen molar-refractivity contribution in [3.05, 3.63) is 39.9 Å². The molecule has 3 rings (SSSR count). The first-order valence-corrected chi connectivity index (χ1v) is 7.27. The van der Waals surface area contributed by atoms with Crippen LogP contribution >= 0.6 is 23.2 Å². The van der Waals surface area contributed by atoms with Crippen LogP contribution in [0.2, 0.25) is 10.0 Å². The highest BCUT2D eigenvalue weighted by Crippen LogP contribution is 2.36. The fourth-order valence-corrected chi connectivity index (χ4v) is 2.73. The van der Waals surface area contributed by atoms with Gasteiger partial charge >= 0.3 is 6.09 Å². The zero-order valence-electron chi connectivity index (χ0n) is 11.6. The molecule has 23 heavy (non-hydrogen) atoms. The number of nitrogen functional groups attached to an aromatic ring is 1. The summed E-state index contributed by atoms with van der Waals surface area (Å²) in [5, 5.41) is 15.0. The van der Waals surface area contributed by atoms with Crippen LogP contribution in [-0.2, 0) is 0 Å². The largest absolute Gasteiger partial charge is 0.465 e. The summed E-state index contributed by atoms with van der Waals surface area (Å²) in [7, 11) is 0. The Bertz CT molecular complexity index is 838. The highest BCUT2D eigenvalue weighted by molar-refractivity contribution is 6.37. The number of nitrogens with two attached hydrogens (primary N) is 1. The Hall–Kier alpha value is -2.51. The molecule has 1 aliphatic heterocycles. The number of halogens is 2. The minimum absolute atomic E-state index is 0.112. The van der Waals surface area contributed by atoms with Crippen LogP contribution in [-0.4, -0.2) is 28.4 Å². The van der Waals surface area contributed by atoms with Gasteiger partial charge in [0.15, 0.2) is 5.82 Å². The third kappa shape index (κ3) is 3.15. The smallest absolute Gasteiger partial charge is 0.410 e. The molecule has 0 fully saturated rings. The Morgan fingerprint density at radius 1 is 1.35 bits per heavy atom. The summed E-state index contributed by atoms with van der Waals surface area (Å²) < 4.78 is 0. The lowest BCUT2D eigenvalue weighted by molar-refractivity contribution is 0.209. The van der Waals surface area contributed by atoms with Gasteiger partial charge in [-0.15, -0.1) is 0 Å². The average Bonchev–Trinajstić information content (AvgIpc) is 2.46. The number of aliphatic imine (C=N–C) groups is 1. The van der Waals surface area contributed by atoms with Crippen LogP contribution in [0.5, 0.6) is 0 Å². The van der Waals surface area contributed by atoms with Crippen LogP contribution in [0.25, 0.3) is 0 Å². The molecule has 1 aromatic carbocycles. The molecule has 0 saturated carbocycles. The molecule has 0 aliphatic carbocycles. The number of hydrogen-bond donors (Lipinski definition) is 4. The van der Waals surface area contributed by atoms with Crippen molar-refractivity contribution in [1.29, 1.82) is 0 Å². The molecule has 2 heterocycles. The average molecular weight is 352 g/mol. The molecule has 0 spiro atoms. The van der Waals surface area contributed by atoms with Crippen molar-refractivity contribution in [2.75, 3.05) is 22.9 Å². The second-order valence-corrected chi connectivity index (χ2v) is 5.60. The van der Waals surface area contributed by atoms with Gasteiger partial charge in [-0.1, -0.05) is 29.3 Å². The molecule has 1 aliphatic rings. The first-order chi connectivity index (χ1) is 10.9. The first-order valence-electron chi connectivity index (χ1n) is 6.51. The number of carbonyl (C=O) groups is 1. The topological polar surface area (TPSA) is 113 Å². The number of nitrogens with one attached hydrogen (secondary N) is 2. The maximum absolute atomic E-state index is 10.7. The summed E-state index contributed by atoms with van der Waals surface area (Å²) in [4.78, 5) is 19.2. The van der Waals surface area contributed by atoms with Crippen LogP contribution in [0.4, 0.5) is 27.8 Å². The molecule has 9 heteroatoms. The summed E-state index contributed by atoms with van der Waals surface area (Å²) in [6.07, 6.45) is -1.22. The van der Waals surface area contributed by atoms with Gasteiger partial charge in [0.05, 0.1) is 23.0 Å². The number of rotatable bonds is 2. The van der Waals surface area contributed by atoms with Gasteiger partial charge in [0.1, 0.15) is 11.5 Å². The summed E-state index contributed by atoms with van der Waals surface area (Å²) in [5.41, 5.74) is 8.33. The molecule has 1 aromatic heterocycles. The van der Waals surface area contributed by atoms with E-state index in [0.29, 0.717) is 33.7 Å². The van der Waals surface area contributed by atoms with Crippen LogP contribution in [0, 0.1) is 0 Å². The van der Waals surface area contributed by atoms with Crippen LogP contribution in [0.3, 0.4) is 0 Å². The maximum atomic E-state index is 10.7. The quantitative estimate of drug-likeness (QED) is 0.660. The summed E-state index contributed by atoms with van der Waals surface area (Å²) in [6, 6.07) is 6.67. The van der Waals surface area contributed by atoms with Gasteiger partial charge < -0.3 is 16.2 Å². The number of anilines is 3. The van der Waals surface area contributed by atoms with Gasteiger partial charge in [0.2, 0.25) is 0 Å². The number of hydrogen-bond acceptors (Lipinski definition) is 5. The van der Waals surface area contributed by atoms with E-state index >= 15 is 0 Å². The Labute approximate surface area is 141 Å². The third-order valence-corrected chi connectivity index (χ3v) is 3.74. The van der Waals surface area contributed by atoms with Crippen LogP contribution in [0.15, 0.2) is 29.3 Å². The number of nitrogens with zero attached hydrogens (tertiary/aromatic N) is 2. The highest BCUT2D eigenvalue weighted by Gasteiger charge is 2.19. The molecule has 0 bridgehead atoms. The third-order valence-electron chi connectivity index (χ3n) is 3.19. The van der Waals surface area contributed by atoms with E-state index in [1.165, 1.54) is 6.07 Å². The Morgan fingerprint density at radius 3 is 2.83 bits per heavy atom. The van der Waals surface area contributed by atoms with E-state index in [2.05, 4.69) is 20.6 Å². The summed E-state index contributed by atoms with van der Waals surface area (Å²) in [5.74, 6) is 0.241. The molecule has 0 atom stereocenters. The van der Waals surface area contributed by atoms with Crippen molar-refractivity contribution < 1.29 is 9.90 Å². The molecule has 5 N–H and O–H groups in total. The van der Waals surface area contributed by atoms with Gasteiger partial charge in [-0.3, -0.25) is 5.32 Å². The standard InChI is InChI=1S/C14H11Cl2N5O2/c15-6-1-2-7(8(16)3-6)10-5-18-9-4-11(21-14(22)23)20-13(17)12(9)19-10/h1-4,18H,5H2,(H,22,23)(H3,17,20,21). The molecule has 0 saturated heterocycles. The van der Waals surface area contributed by atoms with Crippen molar-refractivity contribution in [1.82, 2.24) is 4.98 Å². The van der Waals surface area contributed by atoms with Crippen molar-refractivity contribution in [3.8, 4) is 0 Å². The highest BCUT2D eigenvalue weighted by atomic mass is 35.5. The lowest BCUT2D eigenvalue weighted by Crippen LogP contribution is -2.20. The van der Waals surface area contributed by atoms with Crippen molar-refractivity contribution in [2.24, 2.45) is 4.99 Å². The number of carboxylic acid groups (broad SMARTS) is 1. The molecule has 0 unspecified atom stereocenters. The number of benzene rings is 1. The van der Waals surface area contributed by atoms with Gasteiger partial charge in [-0.2, -0.15) is 0 Å².